The van der Waals surface area contributed by atoms with E-state index < -0.39 is 0 Å². The van der Waals surface area contributed by atoms with Crippen molar-refractivity contribution in [1.29, 1.82) is 0 Å². The highest BCUT2D eigenvalue weighted by Crippen LogP contribution is 2.31. The average Bonchev–Trinajstić information content (AvgIpc) is 2.74. The summed E-state index contributed by atoms with van der Waals surface area (Å²) in [7, 11) is 0. The molecule has 1 fully saturated rings. The van der Waals surface area contributed by atoms with E-state index in [4.69, 9.17) is 9.97 Å². The molecule has 142 valence electrons. The predicted molar refractivity (Wildman–Crippen MR) is 105 cm³/mol. The van der Waals surface area contributed by atoms with E-state index in [-0.39, 0.29) is 6.03 Å². The van der Waals surface area contributed by atoms with Gasteiger partial charge in [0.25, 0.3) is 0 Å². The van der Waals surface area contributed by atoms with Crippen molar-refractivity contribution >= 4 is 11.8 Å². The van der Waals surface area contributed by atoms with E-state index >= 15 is 0 Å². The average molecular weight is 366 g/mol. The van der Waals surface area contributed by atoms with Gasteiger partial charge in [-0.2, -0.15) is 0 Å². The smallest absolute Gasteiger partial charge is 0.317 e. The van der Waals surface area contributed by atoms with Gasteiger partial charge in [0, 0.05) is 56.1 Å². The minimum Gasteiger partial charge on any atom is -0.356 e. The number of carbonyl (C=O) groups excluding carboxylic acids is 1. The predicted octanol–water partition coefficient (Wildman–Crippen LogP) is 2.62. The molecule has 2 aliphatic rings. The quantitative estimate of drug-likeness (QED) is 0.904. The minimum atomic E-state index is -0.0101. The molecular formula is C20H26N6O. The summed E-state index contributed by atoms with van der Waals surface area (Å²) in [6.07, 6.45) is 7.96. The third-order valence-corrected chi connectivity index (χ3v) is 5.23. The first-order valence-electron chi connectivity index (χ1n) is 9.84. The number of pyridine rings is 1. The first kappa shape index (κ1) is 17.7. The Morgan fingerprint density at radius 2 is 2.04 bits per heavy atom. The van der Waals surface area contributed by atoms with Gasteiger partial charge in [-0.25, -0.2) is 14.8 Å². The van der Waals surface area contributed by atoms with Crippen LogP contribution in [-0.4, -0.2) is 52.1 Å². The number of urea groups is 1. The maximum Gasteiger partial charge on any atom is 0.317 e. The van der Waals surface area contributed by atoms with E-state index in [1.807, 2.05) is 30.2 Å². The van der Waals surface area contributed by atoms with Gasteiger partial charge in [-0.3, -0.25) is 4.98 Å². The fraction of sp³-hybridized carbons (Fsp3) is 0.500. The molecule has 0 bridgehead atoms. The molecule has 0 radical (unpaired) electrons. The van der Waals surface area contributed by atoms with Crippen molar-refractivity contribution in [2.24, 2.45) is 0 Å². The molecule has 27 heavy (non-hydrogen) atoms. The van der Waals surface area contributed by atoms with E-state index in [1.165, 1.54) is 19.3 Å². The SMILES string of the molecule is CCNC(=O)N1CCc2nc(-c3cccnc3)nc(N3CCCCC3)c2C1. The van der Waals surface area contributed by atoms with Crippen LogP contribution in [0.4, 0.5) is 10.6 Å². The molecule has 2 aromatic heterocycles. The fourth-order valence-corrected chi connectivity index (χ4v) is 3.82. The van der Waals surface area contributed by atoms with Crippen molar-refractivity contribution in [3.63, 3.8) is 0 Å². The number of piperidine rings is 1. The van der Waals surface area contributed by atoms with Crippen LogP contribution in [0.2, 0.25) is 0 Å². The van der Waals surface area contributed by atoms with Gasteiger partial charge in [-0.1, -0.05) is 0 Å². The Bertz CT molecular complexity index is 804. The standard InChI is InChI=1S/C20H26N6O/c1-2-22-20(27)26-12-8-17-16(14-26)19(25-10-4-3-5-11-25)24-18(23-17)15-7-6-9-21-13-15/h6-7,9,13H,2-5,8,10-12,14H2,1H3,(H,22,27). The third-order valence-electron chi connectivity index (χ3n) is 5.23. The third kappa shape index (κ3) is 3.72. The van der Waals surface area contributed by atoms with Crippen LogP contribution in [-0.2, 0) is 13.0 Å². The van der Waals surface area contributed by atoms with Gasteiger partial charge in [0.15, 0.2) is 5.82 Å². The van der Waals surface area contributed by atoms with E-state index in [9.17, 15) is 4.79 Å². The zero-order valence-corrected chi connectivity index (χ0v) is 15.8. The number of nitrogens with one attached hydrogen (secondary N) is 1. The first-order valence-corrected chi connectivity index (χ1v) is 9.84. The fourth-order valence-electron chi connectivity index (χ4n) is 3.82. The van der Waals surface area contributed by atoms with Crippen LogP contribution in [0.1, 0.15) is 37.4 Å². The van der Waals surface area contributed by atoms with Crippen LogP contribution < -0.4 is 10.2 Å². The molecular weight excluding hydrogens is 340 g/mol. The molecule has 0 aromatic carbocycles. The molecule has 0 spiro atoms. The molecule has 2 aromatic rings. The van der Waals surface area contributed by atoms with Gasteiger partial charge in [0.1, 0.15) is 5.82 Å². The molecule has 7 nitrogen and oxygen atoms in total. The zero-order valence-electron chi connectivity index (χ0n) is 15.8. The first-order chi connectivity index (χ1) is 13.3. The minimum absolute atomic E-state index is 0.0101. The number of anilines is 1. The van der Waals surface area contributed by atoms with Crippen molar-refractivity contribution < 1.29 is 4.79 Å². The van der Waals surface area contributed by atoms with Gasteiger partial charge in [0.2, 0.25) is 0 Å². The van der Waals surface area contributed by atoms with Gasteiger partial charge in [-0.15, -0.1) is 0 Å². The topological polar surface area (TPSA) is 74.2 Å². The number of amides is 2. The van der Waals surface area contributed by atoms with Gasteiger partial charge in [0.05, 0.1) is 12.2 Å². The Hall–Kier alpha value is -2.70. The number of rotatable bonds is 3. The normalized spacial score (nSPS) is 16.8. The van der Waals surface area contributed by atoms with Crippen LogP contribution in [0, 0.1) is 0 Å². The summed E-state index contributed by atoms with van der Waals surface area (Å²) in [6, 6.07) is 3.90. The number of aromatic nitrogens is 3. The highest BCUT2D eigenvalue weighted by atomic mass is 16.2. The molecule has 2 amide bonds. The molecule has 4 rings (SSSR count). The van der Waals surface area contributed by atoms with Crippen molar-refractivity contribution in [3.8, 4) is 11.4 Å². The molecule has 4 heterocycles. The molecule has 1 N–H and O–H groups in total. The Balaban J connectivity index is 1.73. The van der Waals surface area contributed by atoms with E-state index in [0.717, 1.165) is 48.0 Å². The molecule has 0 saturated carbocycles. The lowest BCUT2D eigenvalue weighted by Gasteiger charge is -2.34. The van der Waals surface area contributed by atoms with E-state index in [2.05, 4.69) is 15.2 Å². The van der Waals surface area contributed by atoms with Crippen LogP contribution in [0.3, 0.4) is 0 Å². The van der Waals surface area contributed by atoms with Crippen molar-refractivity contribution in [2.45, 2.75) is 39.2 Å². The number of carbonyl (C=O) groups is 1. The Morgan fingerprint density at radius 1 is 1.19 bits per heavy atom. The monoisotopic (exact) mass is 366 g/mol. The zero-order chi connectivity index (χ0) is 18.6. The largest absolute Gasteiger partial charge is 0.356 e. The summed E-state index contributed by atoms with van der Waals surface area (Å²) in [5, 5.41) is 2.91. The summed E-state index contributed by atoms with van der Waals surface area (Å²) in [5.41, 5.74) is 3.09. The van der Waals surface area contributed by atoms with Crippen molar-refractivity contribution in [2.75, 3.05) is 31.1 Å². The van der Waals surface area contributed by atoms with Gasteiger partial charge >= 0.3 is 6.03 Å². The molecule has 1 saturated heterocycles. The summed E-state index contributed by atoms with van der Waals surface area (Å²) in [4.78, 5) is 30.6. The molecule has 0 unspecified atom stereocenters. The highest BCUT2D eigenvalue weighted by molar-refractivity contribution is 5.75. The van der Waals surface area contributed by atoms with Crippen molar-refractivity contribution in [1.82, 2.24) is 25.2 Å². The van der Waals surface area contributed by atoms with Gasteiger partial charge in [-0.05, 0) is 38.3 Å². The molecule has 7 heteroatoms. The lowest BCUT2D eigenvalue weighted by Crippen LogP contribution is -2.44. The number of nitrogens with zero attached hydrogens (tertiary/aromatic N) is 5. The second kappa shape index (κ2) is 7.90. The van der Waals surface area contributed by atoms with Crippen LogP contribution in [0.5, 0.6) is 0 Å². The summed E-state index contributed by atoms with van der Waals surface area (Å²) >= 11 is 0. The number of fused-ring (bicyclic) bond motifs is 1. The lowest BCUT2D eigenvalue weighted by molar-refractivity contribution is 0.192. The summed E-state index contributed by atoms with van der Waals surface area (Å²) < 4.78 is 0. The maximum absolute atomic E-state index is 12.3. The van der Waals surface area contributed by atoms with E-state index in [0.29, 0.717) is 19.6 Å². The second-order valence-electron chi connectivity index (χ2n) is 7.09. The Kier molecular flexibility index (Phi) is 5.18. The Morgan fingerprint density at radius 3 is 2.78 bits per heavy atom. The lowest BCUT2D eigenvalue weighted by atomic mass is 10.0. The van der Waals surface area contributed by atoms with Gasteiger partial charge < -0.3 is 15.1 Å². The van der Waals surface area contributed by atoms with Crippen LogP contribution in [0.15, 0.2) is 24.5 Å². The summed E-state index contributed by atoms with van der Waals surface area (Å²) in [6.45, 7) is 5.85. The molecule has 2 aliphatic heterocycles. The van der Waals surface area contributed by atoms with Crippen LogP contribution in [0.25, 0.3) is 11.4 Å². The second-order valence-corrected chi connectivity index (χ2v) is 7.09. The maximum atomic E-state index is 12.3. The number of hydrogen-bond donors (Lipinski definition) is 1. The Labute approximate surface area is 159 Å². The van der Waals surface area contributed by atoms with Crippen LogP contribution >= 0.6 is 0 Å². The van der Waals surface area contributed by atoms with Crippen molar-refractivity contribution in [3.05, 3.63) is 35.8 Å². The molecule has 0 aliphatic carbocycles. The van der Waals surface area contributed by atoms with E-state index in [1.54, 1.807) is 6.20 Å². The summed E-state index contributed by atoms with van der Waals surface area (Å²) in [5.74, 6) is 1.72. The number of hydrogen-bond acceptors (Lipinski definition) is 5. The molecule has 0 atom stereocenters. The highest BCUT2D eigenvalue weighted by Gasteiger charge is 2.28.